The van der Waals surface area contributed by atoms with Crippen molar-refractivity contribution in [3.63, 3.8) is 0 Å². The lowest BCUT2D eigenvalue weighted by Gasteiger charge is -2.27. The number of carbonyl (C=O) groups excluding carboxylic acids is 1. The first-order valence-electron chi connectivity index (χ1n) is 6.57. The highest BCUT2D eigenvalue weighted by molar-refractivity contribution is 5.92. The first kappa shape index (κ1) is 14.7. The van der Waals surface area contributed by atoms with Gasteiger partial charge in [0.1, 0.15) is 0 Å². The monoisotopic (exact) mass is 249 g/mol. The summed E-state index contributed by atoms with van der Waals surface area (Å²) in [6.07, 6.45) is 0. The quantitative estimate of drug-likeness (QED) is 0.846. The number of hydrogen-bond acceptors (Lipinski definition) is 3. The van der Waals surface area contributed by atoms with E-state index in [9.17, 15) is 4.79 Å². The van der Waals surface area contributed by atoms with E-state index in [2.05, 4.69) is 10.2 Å². The lowest BCUT2D eigenvalue weighted by Crippen LogP contribution is -2.42. The van der Waals surface area contributed by atoms with Crippen LogP contribution in [-0.4, -0.2) is 37.0 Å². The van der Waals surface area contributed by atoms with Gasteiger partial charge in [0.2, 0.25) is 5.91 Å². The zero-order valence-corrected chi connectivity index (χ0v) is 11.3. The normalized spacial score (nSPS) is 15.7. The molecule has 1 fully saturated rings. The zero-order valence-electron chi connectivity index (χ0n) is 11.3. The zero-order chi connectivity index (χ0) is 13.4. The third kappa shape index (κ3) is 4.47. The molecule has 0 atom stereocenters. The van der Waals surface area contributed by atoms with Crippen molar-refractivity contribution >= 4 is 5.91 Å². The number of nitrogens with zero attached hydrogens (tertiary/aromatic N) is 1. The molecule has 1 aromatic carbocycles. The van der Waals surface area contributed by atoms with Gasteiger partial charge in [0, 0.05) is 38.3 Å². The minimum absolute atomic E-state index is 0.367. The molecule has 0 spiro atoms. The maximum Gasteiger partial charge on any atom is 0.248 e. The Balaban J connectivity index is 0.000000771. The highest BCUT2D eigenvalue weighted by Gasteiger charge is 2.09. The number of piperazine rings is 1. The van der Waals surface area contributed by atoms with Crippen molar-refractivity contribution in [3.8, 4) is 0 Å². The summed E-state index contributed by atoms with van der Waals surface area (Å²) in [7, 11) is 0. The minimum Gasteiger partial charge on any atom is -0.366 e. The van der Waals surface area contributed by atoms with E-state index >= 15 is 0 Å². The Bertz CT molecular complexity index is 356. The van der Waals surface area contributed by atoms with E-state index in [1.54, 1.807) is 12.1 Å². The number of carbonyl (C=O) groups is 1. The molecule has 4 heteroatoms. The lowest BCUT2D eigenvalue weighted by molar-refractivity contribution is 0.100. The Labute approximate surface area is 109 Å². The van der Waals surface area contributed by atoms with Crippen LogP contribution in [0.3, 0.4) is 0 Å². The second-order valence-electron chi connectivity index (χ2n) is 4.09. The summed E-state index contributed by atoms with van der Waals surface area (Å²) in [6.45, 7) is 9.22. The summed E-state index contributed by atoms with van der Waals surface area (Å²) >= 11 is 0. The van der Waals surface area contributed by atoms with E-state index in [0.717, 1.165) is 32.7 Å². The smallest absolute Gasteiger partial charge is 0.248 e. The fraction of sp³-hybridized carbons (Fsp3) is 0.500. The average Bonchev–Trinajstić information content (AvgIpc) is 2.43. The molecule has 4 nitrogen and oxygen atoms in total. The predicted molar refractivity (Wildman–Crippen MR) is 74.5 cm³/mol. The van der Waals surface area contributed by atoms with Crippen molar-refractivity contribution in [1.82, 2.24) is 10.2 Å². The molecule has 1 heterocycles. The number of primary amides is 1. The summed E-state index contributed by atoms with van der Waals surface area (Å²) in [4.78, 5) is 13.3. The highest BCUT2D eigenvalue weighted by atomic mass is 16.1. The van der Waals surface area contributed by atoms with E-state index in [-0.39, 0.29) is 5.91 Å². The molecule has 1 aliphatic heterocycles. The van der Waals surface area contributed by atoms with E-state index in [0.29, 0.717) is 5.56 Å². The number of hydrogen-bond donors (Lipinski definition) is 2. The van der Waals surface area contributed by atoms with Gasteiger partial charge in [-0.3, -0.25) is 9.69 Å². The number of benzene rings is 1. The van der Waals surface area contributed by atoms with Crippen LogP contribution >= 0.6 is 0 Å². The van der Waals surface area contributed by atoms with Crippen molar-refractivity contribution in [2.75, 3.05) is 26.2 Å². The molecule has 1 amide bonds. The third-order valence-electron chi connectivity index (χ3n) is 2.85. The van der Waals surface area contributed by atoms with Gasteiger partial charge in [-0.25, -0.2) is 0 Å². The molecule has 0 radical (unpaired) electrons. The highest BCUT2D eigenvalue weighted by Crippen LogP contribution is 2.07. The topological polar surface area (TPSA) is 58.4 Å². The molecule has 0 aliphatic carbocycles. The van der Waals surface area contributed by atoms with Crippen molar-refractivity contribution in [3.05, 3.63) is 35.4 Å². The SMILES string of the molecule is CC.NC(=O)c1ccc(CN2CCNCC2)cc1. The van der Waals surface area contributed by atoms with E-state index < -0.39 is 0 Å². The summed E-state index contributed by atoms with van der Waals surface area (Å²) in [5.41, 5.74) is 6.99. The fourth-order valence-electron chi connectivity index (χ4n) is 1.90. The second kappa shape index (κ2) is 7.84. The van der Waals surface area contributed by atoms with Gasteiger partial charge in [-0.2, -0.15) is 0 Å². The molecule has 1 aliphatic rings. The number of rotatable bonds is 3. The second-order valence-corrected chi connectivity index (χ2v) is 4.09. The Morgan fingerprint density at radius 1 is 1.22 bits per heavy atom. The molecule has 0 bridgehead atoms. The number of nitrogens with one attached hydrogen (secondary N) is 1. The van der Waals surface area contributed by atoms with Gasteiger partial charge in [-0.1, -0.05) is 26.0 Å². The minimum atomic E-state index is -0.367. The Hall–Kier alpha value is -1.39. The summed E-state index contributed by atoms with van der Waals surface area (Å²) in [6, 6.07) is 7.53. The maximum absolute atomic E-state index is 10.9. The molecule has 3 N–H and O–H groups in total. The van der Waals surface area contributed by atoms with Crippen LogP contribution in [0, 0.1) is 0 Å². The molecule has 2 rings (SSSR count). The molecule has 0 saturated carbocycles. The fourth-order valence-corrected chi connectivity index (χ4v) is 1.90. The van der Waals surface area contributed by atoms with Gasteiger partial charge in [0.25, 0.3) is 0 Å². The Morgan fingerprint density at radius 3 is 2.28 bits per heavy atom. The third-order valence-corrected chi connectivity index (χ3v) is 2.85. The van der Waals surface area contributed by atoms with Crippen molar-refractivity contribution in [1.29, 1.82) is 0 Å². The van der Waals surface area contributed by atoms with Gasteiger partial charge in [0.15, 0.2) is 0 Å². The molecule has 1 aromatic rings. The van der Waals surface area contributed by atoms with Crippen LogP contribution in [0.4, 0.5) is 0 Å². The van der Waals surface area contributed by atoms with Crippen LogP contribution in [0.5, 0.6) is 0 Å². The standard InChI is InChI=1S/C12H17N3O.C2H6/c13-12(16)11-3-1-10(2-4-11)9-15-7-5-14-6-8-15;1-2/h1-4,14H,5-9H2,(H2,13,16);1-2H3. The van der Waals surface area contributed by atoms with E-state index in [4.69, 9.17) is 5.73 Å². The van der Waals surface area contributed by atoms with Crippen LogP contribution in [0.2, 0.25) is 0 Å². The van der Waals surface area contributed by atoms with Crippen molar-refractivity contribution in [2.24, 2.45) is 5.73 Å². The van der Waals surface area contributed by atoms with Crippen LogP contribution < -0.4 is 11.1 Å². The van der Waals surface area contributed by atoms with Gasteiger partial charge in [0.05, 0.1) is 0 Å². The summed E-state index contributed by atoms with van der Waals surface area (Å²) in [5, 5.41) is 3.32. The largest absolute Gasteiger partial charge is 0.366 e. The summed E-state index contributed by atoms with van der Waals surface area (Å²) in [5.74, 6) is -0.367. The molecular weight excluding hydrogens is 226 g/mol. The Morgan fingerprint density at radius 2 is 1.78 bits per heavy atom. The van der Waals surface area contributed by atoms with Gasteiger partial charge in [-0.15, -0.1) is 0 Å². The predicted octanol–water partition coefficient (Wildman–Crippen LogP) is 1.22. The van der Waals surface area contributed by atoms with Crippen molar-refractivity contribution < 1.29 is 4.79 Å². The van der Waals surface area contributed by atoms with Crippen LogP contribution in [0.1, 0.15) is 29.8 Å². The molecular formula is C14H23N3O. The molecule has 18 heavy (non-hydrogen) atoms. The van der Waals surface area contributed by atoms with E-state index in [1.165, 1.54) is 5.56 Å². The van der Waals surface area contributed by atoms with E-state index in [1.807, 2.05) is 26.0 Å². The van der Waals surface area contributed by atoms with Gasteiger partial charge < -0.3 is 11.1 Å². The lowest BCUT2D eigenvalue weighted by atomic mass is 10.1. The van der Waals surface area contributed by atoms with Crippen LogP contribution in [0.15, 0.2) is 24.3 Å². The molecule has 1 saturated heterocycles. The first-order valence-corrected chi connectivity index (χ1v) is 6.57. The maximum atomic E-state index is 10.9. The molecule has 0 unspecified atom stereocenters. The first-order chi connectivity index (χ1) is 8.75. The van der Waals surface area contributed by atoms with Gasteiger partial charge in [-0.05, 0) is 17.7 Å². The number of amides is 1. The molecule has 100 valence electrons. The summed E-state index contributed by atoms with van der Waals surface area (Å²) < 4.78 is 0. The number of nitrogens with two attached hydrogens (primary N) is 1. The van der Waals surface area contributed by atoms with Crippen LogP contribution in [-0.2, 0) is 6.54 Å². The van der Waals surface area contributed by atoms with Gasteiger partial charge >= 0.3 is 0 Å². The van der Waals surface area contributed by atoms with Crippen molar-refractivity contribution in [2.45, 2.75) is 20.4 Å². The van der Waals surface area contributed by atoms with Crippen LogP contribution in [0.25, 0.3) is 0 Å². The molecule has 0 aromatic heterocycles. The average molecular weight is 249 g/mol. The Kier molecular flexibility index (Phi) is 6.39.